The molecule has 3 rings (SSSR count). The number of benzene rings is 1. The first kappa shape index (κ1) is 23.0. The van der Waals surface area contributed by atoms with Crippen LogP contribution in [0.3, 0.4) is 0 Å². The van der Waals surface area contributed by atoms with Crippen molar-refractivity contribution >= 4 is 15.9 Å². The number of hydrogen-bond acceptors (Lipinski definition) is 6. The first-order valence-electron chi connectivity index (χ1n) is 9.99. The third-order valence-corrected chi connectivity index (χ3v) is 7.09. The fraction of sp³-hybridized carbons (Fsp3) is 0.429. The summed E-state index contributed by atoms with van der Waals surface area (Å²) in [5, 5.41) is 2.95. The van der Waals surface area contributed by atoms with Crippen LogP contribution in [0.1, 0.15) is 23.2 Å². The molecule has 31 heavy (non-hydrogen) atoms. The molecule has 1 saturated heterocycles. The Hall–Kier alpha value is -2.69. The summed E-state index contributed by atoms with van der Waals surface area (Å²) < 4.78 is 37.4. The summed E-state index contributed by atoms with van der Waals surface area (Å²) in [6.45, 7) is 0.855. The van der Waals surface area contributed by atoms with Gasteiger partial charge in [-0.1, -0.05) is 0 Å². The maximum absolute atomic E-state index is 12.7. The average Bonchev–Trinajstić information content (AvgIpc) is 2.78. The molecule has 1 aromatic heterocycles. The summed E-state index contributed by atoms with van der Waals surface area (Å²) in [6.07, 6.45) is 2.55. The van der Waals surface area contributed by atoms with Gasteiger partial charge >= 0.3 is 0 Å². The molecule has 1 aliphatic rings. The van der Waals surface area contributed by atoms with Gasteiger partial charge in [0.1, 0.15) is 5.75 Å². The van der Waals surface area contributed by atoms with Gasteiger partial charge in [0, 0.05) is 44.2 Å². The number of nitrogens with one attached hydrogen (secondary N) is 1. The van der Waals surface area contributed by atoms with E-state index in [4.69, 9.17) is 9.47 Å². The Kier molecular flexibility index (Phi) is 7.47. The molecule has 0 atom stereocenters. The summed E-state index contributed by atoms with van der Waals surface area (Å²) in [6, 6.07) is 9.66. The Balaban J connectivity index is 1.64. The number of ether oxygens (including phenoxy) is 2. The van der Waals surface area contributed by atoms with Crippen LogP contribution in [0.15, 0.2) is 47.4 Å². The summed E-state index contributed by atoms with van der Waals surface area (Å²) in [5.74, 6) is 0.317. The van der Waals surface area contributed by atoms with E-state index in [9.17, 15) is 18.0 Å². The molecule has 0 radical (unpaired) electrons. The van der Waals surface area contributed by atoms with E-state index in [1.807, 2.05) is 0 Å². The lowest BCUT2D eigenvalue weighted by atomic mass is 10.1. The van der Waals surface area contributed by atoms with Gasteiger partial charge in [-0.15, -0.1) is 0 Å². The predicted octanol–water partition coefficient (Wildman–Crippen LogP) is 1.02. The van der Waals surface area contributed by atoms with Crippen LogP contribution in [-0.4, -0.2) is 68.9 Å². The Morgan fingerprint density at radius 3 is 2.39 bits per heavy atom. The van der Waals surface area contributed by atoms with Gasteiger partial charge in [-0.05, 0) is 43.2 Å². The standard InChI is InChI=1S/C21H27N3O6S/c1-29-13-14-31(27,28)23-11-9-17(10-12-23)22-21(26)16-3-8-20(25)24(15-16)18-4-6-19(30-2)7-5-18/h3-8,15,17H,9-14H2,1-2H3,(H,22,26). The highest BCUT2D eigenvalue weighted by atomic mass is 32.2. The number of carbonyl (C=O) groups excluding carboxylic acids is 1. The van der Waals surface area contributed by atoms with Crippen LogP contribution in [0.4, 0.5) is 0 Å². The van der Waals surface area contributed by atoms with E-state index >= 15 is 0 Å². The summed E-state index contributed by atoms with van der Waals surface area (Å²) in [4.78, 5) is 25.0. The molecule has 2 aromatic rings. The van der Waals surface area contributed by atoms with E-state index in [1.165, 1.54) is 34.3 Å². The first-order valence-corrected chi connectivity index (χ1v) is 11.6. The Bertz CT molecular complexity index is 1060. The Labute approximate surface area is 181 Å². The molecule has 10 heteroatoms. The maximum atomic E-state index is 12.7. The molecule has 1 aliphatic heterocycles. The van der Waals surface area contributed by atoms with Crippen molar-refractivity contribution < 1.29 is 22.7 Å². The molecule has 0 aliphatic carbocycles. The van der Waals surface area contributed by atoms with Crippen molar-refractivity contribution in [3.05, 3.63) is 58.5 Å². The number of rotatable bonds is 8. The van der Waals surface area contributed by atoms with Gasteiger partial charge in [0.15, 0.2) is 0 Å². The lowest BCUT2D eigenvalue weighted by molar-refractivity contribution is 0.0923. The number of carbonyl (C=O) groups is 1. The van der Waals surface area contributed by atoms with Crippen LogP contribution in [0.5, 0.6) is 5.75 Å². The van der Waals surface area contributed by atoms with Crippen LogP contribution in [0.25, 0.3) is 5.69 Å². The van der Waals surface area contributed by atoms with Gasteiger partial charge in [0.25, 0.3) is 11.5 Å². The Morgan fingerprint density at radius 2 is 1.77 bits per heavy atom. The average molecular weight is 450 g/mol. The molecule has 0 bridgehead atoms. The SMILES string of the molecule is COCCS(=O)(=O)N1CCC(NC(=O)c2ccc(=O)n(-c3ccc(OC)cc3)c2)CC1. The largest absolute Gasteiger partial charge is 0.497 e. The number of amides is 1. The minimum atomic E-state index is -3.35. The van der Waals surface area contributed by atoms with Crippen LogP contribution in [0, 0.1) is 0 Å². The number of methoxy groups -OCH3 is 2. The molecule has 0 spiro atoms. The zero-order valence-corrected chi connectivity index (χ0v) is 18.4. The monoisotopic (exact) mass is 449 g/mol. The van der Waals surface area contributed by atoms with E-state index in [-0.39, 0.29) is 29.9 Å². The van der Waals surface area contributed by atoms with Crippen molar-refractivity contribution in [2.75, 3.05) is 39.7 Å². The van der Waals surface area contributed by atoms with Gasteiger partial charge in [-0.3, -0.25) is 14.2 Å². The second-order valence-corrected chi connectivity index (χ2v) is 9.37. The molecular weight excluding hydrogens is 422 g/mol. The number of hydrogen-bond donors (Lipinski definition) is 1. The first-order chi connectivity index (χ1) is 14.8. The quantitative estimate of drug-likeness (QED) is 0.645. The zero-order valence-electron chi connectivity index (χ0n) is 17.6. The van der Waals surface area contributed by atoms with E-state index in [0.717, 1.165) is 0 Å². The highest BCUT2D eigenvalue weighted by Crippen LogP contribution is 2.16. The molecule has 1 fully saturated rings. The zero-order chi connectivity index (χ0) is 22.4. The topological polar surface area (TPSA) is 107 Å². The second-order valence-electron chi connectivity index (χ2n) is 7.28. The van der Waals surface area contributed by atoms with Crippen LogP contribution in [-0.2, 0) is 14.8 Å². The van der Waals surface area contributed by atoms with Crippen molar-refractivity contribution in [2.24, 2.45) is 0 Å². The van der Waals surface area contributed by atoms with E-state index in [2.05, 4.69) is 5.32 Å². The van der Waals surface area contributed by atoms with Gasteiger partial charge in [-0.2, -0.15) is 0 Å². The lowest BCUT2D eigenvalue weighted by Gasteiger charge is -2.31. The lowest BCUT2D eigenvalue weighted by Crippen LogP contribution is -2.47. The fourth-order valence-electron chi connectivity index (χ4n) is 3.43. The van der Waals surface area contributed by atoms with Gasteiger partial charge < -0.3 is 14.8 Å². The van der Waals surface area contributed by atoms with E-state index in [0.29, 0.717) is 42.9 Å². The van der Waals surface area contributed by atoms with Crippen LogP contribution >= 0.6 is 0 Å². The van der Waals surface area contributed by atoms with Crippen molar-refractivity contribution in [2.45, 2.75) is 18.9 Å². The number of sulfonamides is 1. The maximum Gasteiger partial charge on any atom is 0.255 e. The Morgan fingerprint density at radius 1 is 1.10 bits per heavy atom. The molecule has 1 amide bonds. The molecule has 1 N–H and O–H groups in total. The normalized spacial score (nSPS) is 15.5. The molecule has 1 aromatic carbocycles. The fourth-order valence-corrected chi connectivity index (χ4v) is 4.83. The van der Waals surface area contributed by atoms with E-state index in [1.54, 1.807) is 31.4 Å². The van der Waals surface area contributed by atoms with Crippen molar-refractivity contribution in [1.82, 2.24) is 14.2 Å². The minimum Gasteiger partial charge on any atom is -0.497 e. The molecule has 2 heterocycles. The van der Waals surface area contributed by atoms with Crippen molar-refractivity contribution in [3.8, 4) is 11.4 Å². The van der Waals surface area contributed by atoms with E-state index < -0.39 is 10.0 Å². The van der Waals surface area contributed by atoms with Crippen molar-refractivity contribution in [1.29, 1.82) is 0 Å². The number of nitrogens with zero attached hydrogens (tertiary/aromatic N) is 2. The molecule has 0 saturated carbocycles. The number of piperidine rings is 1. The molecular formula is C21H27N3O6S. The highest BCUT2D eigenvalue weighted by molar-refractivity contribution is 7.89. The molecule has 9 nitrogen and oxygen atoms in total. The summed E-state index contributed by atoms with van der Waals surface area (Å²) >= 11 is 0. The number of aromatic nitrogens is 1. The third-order valence-electron chi connectivity index (χ3n) is 5.25. The smallest absolute Gasteiger partial charge is 0.255 e. The van der Waals surface area contributed by atoms with Crippen LogP contribution < -0.4 is 15.6 Å². The highest BCUT2D eigenvalue weighted by Gasteiger charge is 2.28. The van der Waals surface area contributed by atoms with Gasteiger partial charge in [0.05, 0.1) is 25.0 Å². The van der Waals surface area contributed by atoms with Crippen LogP contribution in [0.2, 0.25) is 0 Å². The van der Waals surface area contributed by atoms with Gasteiger partial charge in [-0.25, -0.2) is 12.7 Å². The minimum absolute atomic E-state index is 0.0482. The summed E-state index contributed by atoms with van der Waals surface area (Å²) in [7, 11) is -0.319. The van der Waals surface area contributed by atoms with Gasteiger partial charge in [0.2, 0.25) is 10.0 Å². The van der Waals surface area contributed by atoms with Crippen molar-refractivity contribution in [3.63, 3.8) is 0 Å². The number of pyridine rings is 1. The predicted molar refractivity (Wildman–Crippen MR) is 116 cm³/mol. The molecule has 0 unspecified atom stereocenters. The molecule has 168 valence electrons. The summed E-state index contributed by atoms with van der Waals surface area (Å²) in [5.41, 5.74) is 0.719. The second kappa shape index (κ2) is 10.1. The third kappa shape index (κ3) is 5.72.